The Balaban J connectivity index is 1.88. The van der Waals surface area contributed by atoms with Crippen LogP contribution in [0.1, 0.15) is 34.1 Å². The average molecular weight is 290 g/mol. The fourth-order valence-electron chi connectivity index (χ4n) is 3.13. The van der Waals surface area contributed by atoms with E-state index in [2.05, 4.69) is 0 Å². The van der Waals surface area contributed by atoms with Crippen LogP contribution in [0.5, 0.6) is 0 Å². The van der Waals surface area contributed by atoms with Crippen LogP contribution in [0.4, 0.5) is 5.69 Å². The molecule has 1 fully saturated rings. The number of fused-ring (bicyclic) bond motifs is 1. The molecule has 3 rings (SSSR count). The maximum absolute atomic E-state index is 12.5. The summed E-state index contributed by atoms with van der Waals surface area (Å²) in [6.45, 7) is 2.48. The second-order valence-corrected chi connectivity index (χ2v) is 5.25. The van der Waals surface area contributed by atoms with Crippen LogP contribution in [-0.4, -0.2) is 48.7 Å². The van der Waals surface area contributed by atoms with E-state index in [1.165, 1.54) is 4.90 Å². The highest BCUT2D eigenvalue weighted by Crippen LogP contribution is 2.37. The van der Waals surface area contributed by atoms with Crippen LogP contribution >= 0.6 is 0 Å². The fourth-order valence-corrected chi connectivity index (χ4v) is 3.13. The molecule has 0 bridgehead atoms. The minimum atomic E-state index is -0.338. The van der Waals surface area contributed by atoms with Crippen molar-refractivity contribution in [1.29, 1.82) is 0 Å². The Morgan fingerprint density at radius 2 is 2.10 bits per heavy atom. The predicted octanol–water partition coefficient (Wildman–Crippen LogP) is 1.06. The highest BCUT2D eigenvalue weighted by Gasteiger charge is 2.52. The van der Waals surface area contributed by atoms with Gasteiger partial charge in [0.15, 0.2) is 0 Å². The number of ether oxygens (including phenoxy) is 2. The monoisotopic (exact) mass is 290 g/mol. The molecule has 1 saturated carbocycles. The summed E-state index contributed by atoms with van der Waals surface area (Å²) in [6.07, 6.45) is 0.234. The van der Waals surface area contributed by atoms with E-state index >= 15 is 0 Å². The summed E-state index contributed by atoms with van der Waals surface area (Å²) in [5.41, 5.74) is 6.84. The molecule has 112 valence electrons. The molecule has 2 amide bonds. The van der Waals surface area contributed by atoms with E-state index in [0.717, 1.165) is 0 Å². The molecule has 1 aromatic rings. The number of nitrogen functional groups attached to an aromatic ring is 1. The number of carbonyl (C=O) groups is 2. The molecule has 0 saturated heterocycles. The van der Waals surface area contributed by atoms with Crippen molar-refractivity contribution in [1.82, 2.24) is 4.90 Å². The van der Waals surface area contributed by atoms with Gasteiger partial charge in [-0.15, -0.1) is 0 Å². The van der Waals surface area contributed by atoms with Gasteiger partial charge in [-0.2, -0.15) is 0 Å². The molecule has 1 aromatic carbocycles. The van der Waals surface area contributed by atoms with Crippen LogP contribution in [0.2, 0.25) is 0 Å². The Morgan fingerprint density at radius 1 is 1.33 bits per heavy atom. The van der Waals surface area contributed by atoms with Gasteiger partial charge in [0.25, 0.3) is 11.8 Å². The van der Waals surface area contributed by atoms with Gasteiger partial charge in [0.1, 0.15) is 6.10 Å². The normalized spacial score (nSPS) is 27.7. The van der Waals surface area contributed by atoms with E-state index in [1.54, 1.807) is 25.3 Å². The summed E-state index contributed by atoms with van der Waals surface area (Å²) in [7, 11) is 1.56. The molecule has 0 spiro atoms. The maximum atomic E-state index is 12.5. The minimum Gasteiger partial charge on any atom is -0.398 e. The van der Waals surface area contributed by atoms with Crippen molar-refractivity contribution in [3.63, 3.8) is 0 Å². The van der Waals surface area contributed by atoms with Crippen molar-refractivity contribution >= 4 is 17.5 Å². The van der Waals surface area contributed by atoms with E-state index in [4.69, 9.17) is 15.2 Å². The lowest BCUT2D eigenvalue weighted by Crippen LogP contribution is -2.62. The van der Waals surface area contributed by atoms with Gasteiger partial charge in [0.05, 0.1) is 23.3 Å². The van der Waals surface area contributed by atoms with Crippen LogP contribution in [0.3, 0.4) is 0 Å². The molecule has 2 N–H and O–H groups in total. The highest BCUT2D eigenvalue weighted by molar-refractivity contribution is 6.23. The summed E-state index contributed by atoms with van der Waals surface area (Å²) < 4.78 is 10.9. The lowest BCUT2D eigenvalue weighted by molar-refractivity contribution is -0.146. The minimum absolute atomic E-state index is 0.0772. The van der Waals surface area contributed by atoms with Crippen LogP contribution in [0.25, 0.3) is 0 Å². The standard InChI is InChI=1S/C15H18N2O4/c1-3-21-11-7-10(13(11)20-2)17-14(18)8-5-4-6-9(16)12(8)15(17)19/h4-6,10-11,13H,3,7,16H2,1-2H3. The first-order valence-corrected chi connectivity index (χ1v) is 7.00. The number of amides is 2. The SMILES string of the molecule is CCOC1CC(N2C(=O)c3cccc(N)c3C2=O)C1OC. The zero-order chi connectivity index (χ0) is 15.1. The smallest absolute Gasteiger partial charge is 0.264 e. The number of benzene rings is 1. The van der Waals surface area contributed by atoms with Crippen LogP contribution in [0, 0.1) is 0 Å². The number of methoxy groups -OCH3 is 1. The summed E-state index contributed by atoms with van der Waals surface area (Å²) >= 11 is 0. The third-order valence-electron chi connectivity index (χ3n) is 4.18. The average Bonchev–Trinajstić information content (AvgIpc) is 2.69. The number of hydrogen-bond donors (Lipinski definition) is 1. The summed E-state index contributed by atoms with van der Waals surface area (Å²) in [4.78, 5) is 26.3. The van der Waals surface area contributed by atoms with E-state index < -0.39 is 0 Å². The van der Waals surface area contributed by atoms with Crippen LogP contribution in [0.15, 0.2) is 18.2 Å². The number of rotatable bonds is 4. The van der Waals surface area contributed by atoms with Gasteiger partial charge >= 0.3 is 0 Å². The second kappa shape index (κ2) is 5.13. The molecule has 6 heteroatoms. The molecule has 2 aliphatic rings. The zero-order valence-corrected chi connectivity index (χ0v) is 12.0. The van der Waals surface area contributed by atoms with Crippen molar-refractivity contribution in [2.45, 2.75) is 31.6 Å². The number of hydrogen-bond acceptors (Lipinski definition) is 5. The Bertz CT molecular complexity index is 601. The lowest BCUT2D eigenvalue weighted by Gasteiger charge is -2.46. The number of anilines is 1. The van der Waals surface area contributed by atoms with Crippen molar-refractivity contribution in [2.75, 3.05) is 19.5 Å². The first-order chi connectivity index (χ1) is 10.1. The molecule has 0 radical (unpaired) electrons. The van der Waals surface area contributed by atoms with E-state index in [0.29, 0.717) is 29.8 Å². The van der Waals surface area contributed by atoms with Gasteiger partial charge in [-0.05, 0) is 25.5 Å². The third-order valence-corrected chi connectivity index (χ3v) is 4.18. The number of carbonyl (C=O) groups excluding carboxylic acids is 2. The molecular formula is C15H18N2O4. The third kappa shape index (κ3) is 1.94. The van der Waals surface area contributed by atoms with Crippen molar-refractivity contribution in [2.24, 2.45) is 0 Å². The molecule has 21 heavy (non-hydrogen) atoms. The summed E-state index contributed by atoms with van der Waals surface area (Å²) in [5, 5.41) is 0. The van der Waals surface area contributed by atoms with Crippen molar-refractivity contribution in [3.05, 3.63) is 29.3 Å². The highest BCUT2D eigenvalue weighted by atomic mass is 16.5. The Morgan fingerprint density at radius 3 is 2.71 bits per heavy atom. The summed E-state index contributed by atoms with van der Waals surface area (Å²) in [5.74, 6) is -0.639. The molecule has 1 heterocycles. The van der Waals surface area contributed by atoms with Gasteiger partial charge in [-0.3, -0.25) is 14.5 Å². The lowest BCUT2D eigenvalue weighted by atomic mass is 9.84. The quantitative estimate of drug-likeness (QED) is 0.662. The predicted molar refractivity (Wildman–Crippen MR) is 76.0 cm³/mol. The number of nitrogens with two attached hydrogens (primary N) is 1. The first-order valence-electron chi connectivity index (χ1n) is 7.00. The molecule has 3 unspecified atom stereocenters. The Kier molecular flexibility index (Phi) is 3.43. The van der Waals surface area contributed by atoms with Gasteiger partial charge in [-0.25, -0.2) is 0 Å². The molecule has 6 nitrogen and oxygen atoms in total. The summed E-state index contributed by atoms with van der Waals surface area (Å²) in [6, 6.07) is 4.65. The van der Waals surface area contributed by atoms with Crippen LogP contribution < -0.4 is 5.73 Å². The van der Waals surface area contributed by atoms with Gasteiger partial charge in [0.2, 0.25) is 0 Å². The molecule has 3 atom stereocenters. The van der Waals surface area contributed by atoms with E-state index in [9.17, 15) is 9.59 Å². The topological polar surface area (TPSA) is 81.9 Å². The second-order valence-electron chi connectivity index (χ2n) is 5.25. The number of nitrogens with zero attached hydrogens (tertiary/aromatic N) is 1. The van der Waals surface area contributed by atoms with Gasteiger partial charge in [-0.1, -0.05) is 6.07 Å². The van der Waals surface area contributed by atoms with Gasteiger partial charge < -0.3 is 15.2 Å². The molecular weight excluding hydrogens is 272 g/mol. The van der Waals surface area contributed by atoms with Crippen LogP contribution in [-0.2, 0) is 9.47 Å². The van der Waals surface area contributed by atoms with Crippen molar-refractivity contribution in [3.8, 4) is 0 Å². The largest absolute Gasteiger partial charge is 0.398 e. The van der Waals surface area contributed by atoms with E-state index in [-0.39, 0.29) is 30.1 Å². The Labute approximate surface area is 122 Å². The maximum Gasteiger partial charge on any atom is 0.264 e. The molecule has 1 aliphatic heterocycles. The molecule has 1 aliphatic carbocycles. The zero-order valence-electron chi connectivity index (χ0n) is 12.0. The van der Waals surface area contributed by atoms with Crippen molar-refractivity contribution < 1.29 is 19.1 Å². The molecule has 0 aromatic heterocycles. The first kappa shape index (κ1) is 14.0. The Hall–Kier alpha value is -1.92. The van der Waals surface area contributed by atoms with E-state index in [1.807, 2.05) is 6.92 Å². The number of imide groups is 1. The fraction of sp³-hybridized carbons (Fsp3) is 0.467. The van der Waals surface area contributed by atoms with Gasteiger partial charge in [0, 0.05) is 19.4 Å².